The summed E-state index contributed by atoms with van der Waals surface area (Å²) in [6.07, 6.45) is 0. The molecule has 1 fully saturated rings. The lowest BCUT2D eigenvalue weighted by molar-refractivity contribution is 0.121. The highest BCUT2D eigenvalue weighted by atomic mass is 32.2. The van der Waals surface area contributed by atoms with Gasteiger partial charge in [-0.05, 0) is 36.8 Å². The molecule has 2 aromatic carbocycles. The third-order valence-corrected chi connectivity index (χ3v) is 8.09. The molecule has 1 saturated carbocycles. The van der Waals surface area contributed by atoms with Crippen LogP contribution < -0.4 is 15.2 Å². The molecule has 0 aromatic heterocycles. The summed E-state index contributed by atoms with van der Waals surface area (Å²) in [5.74, 6) is 0.808. The summed E-state index contributed by atoms with van der Waals surface area (Å²) in [6.45, 7) is 2.59. The Morgan fingerprint density at radius 2 is 1.93 bits per heavy atom. The van der Waals surface area contributed by atoms with Crippen LogP contribution in [0.15, 0.2) is 53.4 Å². The first-order valence-electron chi connectivity index (χ1n) is 8.99. The minimum atomic E-state index is -3.68. The molecule has 0 saturated heterocycles. The Kier molecular flexibility index (Phi) is 4.81. The van der Waals surface area contributed by atoms with E-state index in [0.717, 1.165) is 5.56 Å². The highest BCUT2D eigenvalue weighted by Crippen LogP contribution is 2.65. The van der Waals surface area contributed by atoms with Crippen LogP contribution in [-0.4, -0.2) is 38.7 Å². The molecular formula is C20H21NO5S2. The van der Waals surface area contributed by atoms with Gasteiger partial charge in [0, 0.05) is 12.5 Å². The first-order valence-corrected chi connectivity index (χ1v) is 10.9. The summed E-state index contributed by atoms with van der Waals surface area (Å²) >= 11 is 5.36. The largest absolute Gasteiger partial charge is 0.454 e. The molecule has 1 aliphatic carbocycles. The zero-order chi connectivity index (χ0) is 19.9. The minimum Gasteiger partial charge on any atom is -0.454 e. The second-order valence-electron chi connectivity index (χ2n) is 6.91. The molecule has 4 rings (SSSR count). The van der Waals surface area contributed by atoms with Gasteiger partial charge in [0.25, 0.3) is 0 Å². The van der Waals surface area contributed by atoms with Gasteiger partial charge in [0.2, 0.25) is 6.79 Å². The number of nitrogens with two attached hydrogens (primary N) is 1. The minimum absolute atomic E-state index is 0.146. The predicted octanol–water partition coefficient (Wildman–Crippen LogP) is 2.66. The van der Waals surface area contributed by atoms with Crippen LogP contribution in [-0.2, 0) is 14.6 Å². The molecule has 28 heavy (non-hydrogen) atoms. The van der Waals surface area contributed by atoms with E-state index in [-0.39, 0.29) is 23.3 Å². The number of hydrogen-bond donors (Lipinski definition) is 1. The maximum absolute atomic E-state index is 13.5. The van der Waals surface area contributed by atoms with E-state index in [9.17, 15) is 8.42 Å². The summed E-state index contributed by atoms with van der Waals surface area (Å²) in [5.41, 5.74) is 5.94. The molecule has 2 N–H and O–H groups in total. The monoisotopic (exact) mass is 419 g/mol. The highest BCUT2D eigenvalue weighted by Gasteiger charge is 2.73. The summed E-state index contributed by atoms with van der Waals surface area (Å²) in [7, 11) is -3.68. The third kappa shape index (κ3) is 2.87. The molecule has 0 spiro atoms. The topological polar surface area (TPSA) is 87.8 Å². The highest BCUT2D eigenvalue weighted by molar-refractivity contribution is 7.92. The fourth-order valence-electron chi connectivity index (χ4n) is 4.00. The number of thiocarbonyl (C=S) groups is 1. The van der Waals surface area contributed by atoms with Crippen LogP contribution in [0.2, 0.25) is 0 Å². The number of hydrogen-bond acceptors (Lipinski definition) is 6. The second-order valence-corrected chi connectivity index (χ2v) is 9.42. The van der Waals surface area contributed by atoms with Crippen molar-refractivity contribution in [3.8, 4) is 11.5 Å². The van der Waals surface area contributed by atoms with Crippen molar-refractivity contribution in [3.63, 3.8) is 0 Å². The molecule has 6 nitrogen and oxygen atoms in total. The molecule has 8 heteroatoms. The Balaban J connectivity index is 1.81. The molecule has 2 aromatic rings. The maximum atomic E-state index is 13.5. The molecule has 2 aliphatic rings. The van der Waals surface area contributed by atoms with Gasteiger partial charge in [-0.3, -0.25) is 0 Å². The van der Waals surface area contributed by atoms with E-state index in [4.69, 9.17) is 32.2 Å². The van der Waals surface area contributed by atoms with Crippen LogP contribution in [0.1, 0.15) is 18.4 Å². The van der Waals surface area contributed by atoms with Crippen LogP contribution in [0.4, 0.5) is 0 Å². The smallest absolute Gasteiger partial charge is 0.231 e. The lowest BCUT2D eigenvalue weighted by atomic mass is 9.99. The van der Waals surface area contributed by atoms with Crippen LogP contribution in [0.5, 0.6) is 11.5 Å². The van der Waals surface area contributed by atoms with Crippen molar-refractivity contribution in [1.29, 1.82) is 0 Å². The van der Waals surface area contributed by atoms with Gasteiger partial charge in [0.15, 0.2) is 21.3 Å². The normalized spacial score (nSPS) is 25.5. The van der Waals surface area contributed by atoms with Gasteiger partial charge < -0.3 is 19.9 Å². The Hall–Kier alpha value is -2.16. The third-order valence-electron chi connectivity index (χ3n) is 5.42. The molecule has 0 bridgehead atoms. The van der Waals surface area contributed by atoms with E-state index >= 15 is 0 Å². The Labute approximate surface area is 169 Å². The van der Waals surface area contributed by atoms with E-state index in [0.29, 0.717) is 18.1 Å². The predicted molar refractivity (Wildman–Crippen MR) is 108 cm³/mol. The van der Waals surface area contributed by atoms with Crippen molar-refractivity contribution in [1.82, 2.24) is 0 Å². The Morgan fingerprint density at radius 3 is 2.61 bits per heavy atom. The van der Waals surface area contributed by atoms with Crippen LogP contribution in [0.3, 0.4) is 0 Å². The second kappa shape index (κ2) is 7.02. The van der Waals surface area contributed by atoms with Gasteiger partial charge in [-0.2, -0.15) is 0 Å². The van der Waals surface area contributed by atoms with Crippen LogP contribution >= 0.6 is 12.2 Å². The number of fused-ring (bicyclic) bond motifs is 1. The molecular weight excluding hydrogens is 398 g/mol. The Bertz CT molecular complexity index is 1010. The number of rotatable bonds is 7. The molecule has 0 amide bonds. The van der Waals surface area contributed by atoms with E-state index in [1.807, 2.05) is 19.1 Å². The summed E-state index contributed by atoms with van der Waals surface area (Å²) in [6, 6.07) is 13.8. The van der Waals surface area contributed by atoms with Gasteiger partial charge in [0.1, 0.15) is 0 Å². The van der Waals surface area contributed by atoms with Crippen molar-refractivity contribution in [2.45, 2.75) is 23.0 Å². The summed E-state index contributed by atoms with van der Waals surface area (Å²) < 4.78 is 43.4. The average molecular weight is 420 g/mol. The number of sulfone groups is 1. The van der Waals surface area contributed by atoms with E-state index in [1.54, 1.807) is 36.4 Å². The number of benzene rings is 2. The molecule has 1 heterocycles. The zero-order valence-corrected chi connectivity index (χ0v) is 17.0. The first kappa shape index (κ1) is 19.2. The first-order chi connectivity index (χ1) is 13.4. The van der Waals surface area contributed by atoms with Gasteiger partial charge in [0.05, 0.1) is 27.2 Å². The van der Waals surface area contributed by atoms with Crippen LogP contribution in [0.25, 0.3) is 0 Å². The van der Waals surface area contributed by atoms with Crippen molar-refractivity contribution in [2.24, 2.45) is 11.1 Å². The molecule has 0 radical (unpaired) electrons. The average Bonchev–Trinajstić information content (AvgIpc) is 3.18. The summed E-state index contributed by atoms with van der Waals surface area (Å²) in [5, 5.41) is -0.799. The molecule has 148 valence electrons. The fraction of sp³-hybridized carbons (Fsp3) is 0.350. The lowest BCUT2D eigenvalue weighted by Crippen LogP contribution is -2.33. The zero-order valence-electron chi connectivity index (χ0n) is 15.3. The molecule has 0 unspecified atom stereocenters. The van der Waals surface area contributed by atoms with Crippen molar-refractivity contribution >= 4 is 27.0 Å². The molecule has 1 aliphatic heterocycles. The molecule has 3 atom stereocenters. The van der Waals surface area contributed by atoms with Crippen molar-refractivity contribution in [3.05, 3.63) is 54.1 Å². The van der Waals surface area contributed by atoms with E-state index in [1.165, 1.54) is 0 Å². The SMILES string of the molecule is CCOC[C@@]1(C(N)=S)[C@H](c2ccc3c(c2)OCO3)[C@@H]1S(=O)(=O)c1ccccc1. The number of ether oxygens (including phenoxy) is 3. The standard InChI is InChI=1S/C20H21NO5S2/c1-2-24-11-20(19(21)27)17(13-8-9-15-16(10-13)26-12-25-15)18(20)28(22,23)14-6-4-3-5-7-14/h3-10,17-18H,2,11-12H2,1H3,(H2,21,27)/t17-,18+,20-/m1/s1. The van der Waals surface area contributed by atoms with Crippen LogP contribution in [0, 0.1) is 5.41 Å². The van der Waals surface area contributed by atoms with Gasteiger partial charge >= 0.3 is 0 Å². The van der Waals surface area contributed by atoms with Gasteiger partial charge in [-0.15, -0.1) is 0 Å². The van der Waals surface area contributed by atoms with Crippen molar-refractivity contribution in [2.75, 3.05) is 20.0 Å². The summed E-state index contributed by atoms with van der Waals surface area (Å²) in [4.78, 5) is 0.397. The fourth-order valence-corrected chi connectivity index (χ4v) is 6.80. The van der Waals surface area contributed by atoms with E-state index < -0.39 is 26.4 Å². The Morgan fingerprint density at radius 1 is 1.21 bits per heavy atom. The van der Waals surface area contributed by atoms with E-state index in [2.05, 4.69) is 0 Å². The lowest BCUT2D eigenvalue weighted by Gasteiger charge is -2.17. The van der Waals surface area contributed by atoms with Gasteiger partial charge in [-0.1, -0.05) is 36.5 Å². The van der Waals surface area contributed by atoms with Gasteiger partial charge in [-0.25, -0.2) is 8.42 Å². The quantitative estimate of drug-likeness (QED) is 0.690. The van der Waals surface area contributed by atoms with Crippen molar-refractivity contribution < 1.29 is 22.6 Å². The maximum Gasteiger partial charge on any atom is 0.231 e.